The van der Waals surface area contributed by atoms with Crippen LogP contribution in [0.25, 0.3) is 0 Å². The van der Waals surface area contributed by atoms with E-state index in [0.717, 1.165) is 18.5 Å². The first-order valence-corrected chi connectivity index (χ1v) is 7.27. The number of ether oxygens (including phenoxy) is 1. The molecule has 2 N–H and O–H groups in total. The molecule has 2 saturated heterocycles. The second kappa shape index (κ2) is 7.12. The van der Waals surface area contributed by atoms with Crippen molar-refractivity contribution in [3.05, 3.63) is 17.8 Å². The van der Waals surface area contributed by atoms with Gasteiger partial charge in [0.25, 0.3) is 0 Å². The van der Waals surface area contributed by atoms with E-state index in [9.17, 15) is 13.2 Å². The lowest BCUT2D eigenvalue weighted by molar-refractivity contribution is -0.192. The van der Waals surface area contributed by atoms with E-state index in [1.807, 2.05) is 19.1 Å². The number of nitrogens with zero attached hydrogens (tertiary/aromatic N) is 2. The van der Waals surface area contributed by atoms with Gasteiger partial charge >= 0.3 is 12.1 Å². The standard InChI is InChI=1S/C12H17N3O.C2HF3O2/c1-8-2-5-12(15-14-8)16-11-6-9-3-4-10(7-11)13-9;3-2(4,5)1(6)7/h2,5,9-11,13H,3-4,6-7H2,1H3;(H,6,7)/t9-,10+,11?;. The first-order valence-electron chi connectivity index (χ1n) is 7.27. The lowest BCUT2D eigenvalue weighted by Crippen LogP contribution is -2.42. The van der Waals surface area contributed by atoms with Gasteiger partial charge in [-0.1, -0.05) is 0 Å². The molecule has 3 rings (SSSR count). The molecule has 0 spiro atoms. The summed E-state index contributed by atoms with van der Waals surface area (Å²) in [4.78, 5) is 8.90. The monoisotopic (exact) mass is 333 g/mol. The molecule has 23 heavy (non-hydrogen) atoms. The molecule has 0 radical (unpaired) electrons. The quantitative estimate of drug-likeness (QED) is 0.862. The molecule has 0 aliphatic carbocycles. The van der Waals surface area contributed by atoms with E-state index in [1.165, 1.54) is 12.8 Å². The van der Waals surface area contributed by atoms with Crippen molar-refractivity contribution in [2.24, 2.45) is 0 Å². The SMILES string of the molecule is Cc1ccc(OC2C[C@H]3CC[C@@H](C2)N3)nn1.O=C(O)C(F)(F)F. The number of carboxylic acids is 1. The minimum atomic E-state index is -5.08. The van der Waals surface area contributed by atoms with Gasteiger partial charge in [0.2, 0.25) is 5.88 Å². The Morgan fingerprint density at radius 2 is 1.83 bits per heavy atom. The van der Waals surface area contributed by atoms with E-state index >= 15 is 0 Å². The van der Waals surface area contributed by atoms with Gasteiger partial charge < -0.3 is 15.2 Å². The Balaban J connectivity index is 0.000000236. The minimum Gasteiger partial charge on any atom is -0.475 e. The van der Waals surface area contributed by atoms with Crippen molar-refractivity contribution in [1.29, 1.82) is 0 Å². The highest BCUT2D eigenvalue weighted by Crippen LogP contribution is 2.28. The van der Waals surface area contributed by atoms with Crippen molar-refractivity contribution in [3.63, 3.8) is 0 Å². The lowest BCUT2D eigenvalue weighted by atomic mass is 10.0. The number of alkyl halides is 3. The zero-order chi connectivity index (χ0) is 17.0. The summed E-state index contributed by atoms with van der Waals surface area (Å²) in [5.41, 5.74) is 0.928. The van der Waals surface area contributed by atoms with Crippen molar-refractivity contribution in [2.75, 3.05) is 0 Å². The average Bonchev–Trinajstić information content (AvgIpc) is 2.80. The largest absolute Gasteiger partial charge is 0.490 e. The number of carboxylic acid groups (broad SMARTS) is 1. The van der Waals surface area contributed by atoms with Gasteiger partial charge in [0, 0.05) is 18.2 Å². The van der Waals surface area contributed by atoms with Crippen molar-refractivity contribution in [2.45, 2.75) is 57.0 Å². The first kappa shape index (κ1) is 17.5. The molecule has 2 aliphatic heterocycles. The van der Waals surface area contributed by atoms with E-state index in [0.29, 0.717) is 24.1 Å². The molecule has 1 aromatic rings. The third kappa shape index (κ3) is 5.34. The smallest absolute Gasteiger partial charge is 0.475 e. The maximum Gasteiger partial charge on any atom is 0.490 e. The highest BCUT2D eigenvalue weighted by Gasteiger charge is 2.38. The predicted molar refractivity (Wildman–Crippen MR) is 74.1 cm³/mol. The summed E-state index contributed by atoms with van der Waals surface area (Å²) in [5, 5.41) is 18.8. The fourth-order valence-corrected chi connectivity index (χ4v) is 2.72. The summed E-state index contributed by atoms with van der Waals surface area (Å²) in [6.07, 6.45) is 0.0301. The number of carbonyl (C=O) groups is 1. The molecule has 0 aromatic carbocycles. The molecule has 0 saturated carbocycles. The van der Waals surface area contributed by atoms with Crippen LogP contribution < -0.4 is 10.1 Å². The van der Waals surface area contributed by atoms with Crippen molar-refractivity contribution in [1.82, 2.24) is 15.5 Å². The summed E-state index contributed by atoms with van der Waals surface area (Å²) >= 11 is 0. The van der Waals surface area contributed by atoms with E-state index in [2.05, 4.69) is 15.5 Å². The topological polar surface area (TPSA) is 84.3 Å². The van der Waals surface area contributed by atoms with E-state index in [-0.39, 0.29) is 0 Å². The molecule has 9 heteroatoms. The van der Waals surface area contributed by atoms with E-state index in [1.54, 1.807) is 0 Å². The second-order valence-electron chi connectivity index (χ2n) is 5.66. The number of aryl methyl sites for hydroxylation is 1. The Labute approximate surface area is 131 Å². The Morgan fingerprint density at radius 1 is 1.26 bits per heavy atom. The molecule has 2 aliphatic rings. The van der Waals surface area contributed by atoms with Crippen LogP contribution in [-0.4, -0.2) is 45.6 Å². The molecule has 6 nitrogen and oxygen atoms in total. The van der Waals surface area contributed by atoms with Crippen LogP contribution in [0.3, 0.4) is 0 Å². The fraction of sp³-hybridized carbons (Fsp3) is 0.643. The number of hydrogen-bond donors (Lipinski definition) is 2. The molecule has 1 aromatic heterocycles. The van der Waals surface area contributed by atoms with Gasteiger partial charge in [-0.15, -0.1) is 5.10 Å². The summed E-state index contributed by atoms with van der Waals surface area (Å²) in [7, 11) is 0. The van der Waals surface area contributed by atoms with Gasteiger partial charge in [-0.25, -0.2) is 4.79 Å². The highest BCUT2D eigenvalue weighted by atomic mass is 19.4. The van der Waals surface area contributed by atoms with Crippen LogP contribution >= 0.6 is 0 Å². The fourth-order valence-electron chi connectivity index (χ4n) is 2.72. The molecule has 128 valence electrons. The van der Waals surface area contributed by atoms with Crippen LogP contribution in [0.15, 0.2) is 12.1 Å². The van der Waals surface area contributed by atoms with Gasteiger partial charge in [-0.3, -0.25) is 0 Å². The van der Waals surface area contributed by atoms with Gasteiger partial charge in [0.15, 0.2) is 0 Å². The molecule has 3 heterocycles. The number of fused-ring (bicyclic) bond motifs is 2. The number of aromatic nitrogens is 2. The molecular formula is C14H18F3N3O3. The normalized spacial score (nSPS) is 26.2. The van der Waals surface area contributed by atoms with Gasteiger partial charge in [-0.05, 0) is 38.7 Å². The van der Waals surface area contributed by atoms with Crippen molar-refractivity contribution in [3.8, 4) is 5.88 Å². The van der Waals surface area contributed by atoms with Crippen molar-refractivity contribution >= 4 is 5.97 Å². The van der Waals surface area contributed by atoms with Gasteiger partial charge in [-0.2, -0.15) is 18.3 Å². The Hall–Kier alpha value is -1.90. The number of piperidine rings is 1. The maximum absolute atomic E-state index is 10.6. The highest BCUT2D eigenvalue weighted by molar-refractivity contribution is 5.73. The summed E-state index contributed by atoms with van der Waals surface area (Å²) in [6.45, 7) is 1.93. The number of nitrogens with one attached hydrogen (secondary N) is 1. The Kier molecular flexibility index (Phi) is 5.40. The predicted octanol–water partition coefficient (Wildman–Crippen LogP) is 2.08. The Morgan fingerprint density at radius 3 is 2.26 bits per heavy atom. The van der Waals surface area contributed by atoms with Crippen LogP contribution in [0.1, 0.15) is 31.4 Å². The van der Waals surface area contributed by atoms with Crippen molar-refractivity contribution < 1.29 is 27.8 Å². The number of hydrogen-bond acceptors (Lipinski definition) is 5. The van der Waals surface area contributed by atoms with Gasteiger partial charge in [0.05, 0.1) is 5.69 Å². The van der Waals surface area contributed by atoms with Crippen LogP contribution in [0.2, 0.25) is 0 Å². The number of rotatable bonds is 2. The molecule has 1 unspecified atom stereocenters. The maximum atomic E-state index is 10.6. The van der Waals surface area contributed by atoms with Crippen LogP contribution in [0, 0.1) is 6.92 Å². The zero-order valence-electron chi connectivity index (χ0n) is 12.5. The summed E-state index contributed by atoms with van der Waals surface area (Å²) in [6, 6.07) is 5.16. The van der Waals surface area contributed by atoms with Crippen LogP contribution in [0.5, 0.6) is 5.88 Å². The van der Waals surface area contributed by atoms with E-state index < -0.39 is 12.1 Å². The van der Waals surface area contributed by atoms with Crippen LogP contribution in [-0.2, 0) is 4.79 Å². The summed E-state index contributed by atoms with van der Waals surface area (Å²) < 4.78 is 37.6. The first-order chi connectivity index (χ1) is 10.7. The van der Waals surface area contributed by atoms with Gasteiger partial charge in [0.1, 0.15) is 6.10 Å². The third-order valence-corrected chi connectivity index (χ3v) is 3.73. The number of halogens is 3. The second-order valence-corrected chi connectivity index (χ2v) is 5.66. The lowest BCUT2D eigenvalue weighted by Gasteiger charge is -2.28. The minimum absolute atomic E-state index is 0.316. The third-order valence-electron chi connectivity index (χ3n) is 3.73. The number of aliphatic carboxylic acids is 1. The molecule has 2 bridgehead atoms. The molecule has 0 amide bonds. The summed E-state index contributed by atoms with van der Waals surface area (Å²) in [5.74, 6) is -2.09. The Bertz CT molecular complexity index is 524. The molecule has 2 fully saturated rings. The molecular weight excluding hydrogens is 315 g/mol. The van der Waals surface area contributed by atoms with Crippen LogP contribution in [0.4, 0.5) is 13.2 Å². The zero-order valence-corrected chi connectivity index (χ0v) is 12.5. The average molecular weight is 333 g/mol. The van der Waals surface area contributed by atoms with E-state index in [4.69, 9.17) is 14.6 Å². The molecule has 3 atom stereocenters.